The van der Waals surface area contributed by atoms with Gasteiger partial charge in [0.2, 0.25) is 5.91 Å². The molecule has 0 aromatic heterocycles. The average molecular weight is 291 g/mol. The summed E-state index contributed by atoms with van der Waals surface area (Å²) in [4.78, 5) is 25.8. The quantitative estimate of drug-likeness (QED) is 0.692. The van der Waals surface area contributed by atoms with Crippen molar-refractivity contribution in [3.05, 3.63) is 35.9 Å². The van der Waals surface area contributed by atoms with E-state index in [4.69, 9.17) is 4.74 Å². The van der Waals surface area contributed by atoms with Gasteiger partial charge in [-0.15, -0.1) is 0 Å². The van der Waals surface area contributed by atoms with Crippen molar-refractivity contribution in [1.29, 1.82) is 0 Å². The third kappa shape index (κ3) is 5.98. The van der Waals surface area contributed by atoms with Crippen LogP contribution in [0.1, 0.15) is 32.3 Å². The van der Waals surface area contributed by atoms with E-state index in [0.717, 1.165) is 18.4 Å². The SMILES string of the molecule is CCCCN(CC(C)C(=O)OC)C(=O)Cc1ccccc1. The Balaban J connectivity index is 2.67. The average Bonchev–Trinajstić information content (AvgIpc) is 2.51. The molecule has 1 unspecified atom stereocenters. The molecule has 4 nitrogen and oxygen atoms in total. The fourth-order valence-corrected chi connectivity index (χ4v) is 2.16. The van der Waals surface area contributed by atoms with Crippen LogP contribution in [-0.2, 0) is 20.7 Å². The Morgan fingerprint density at radius 1 is 1.24 bits per heavy atom. The number of hydrogen-bond donors (Lipinski definition) is 0. The maximum absolute atomic E-state index is 12.4. The molecular formula is C17H25NO3. The summed E-state index contributed by atoms with van der Waals surface area (Å²) in [6.45, 7) is 4.98. The molecule has 0 heterocycles. The molecule has 0 spiro atoms. The van der Waals surface area contributed by atoms with Crippen LogP contribution in [0, 0.1) is 5.92 Å². The monoisotopic (exact) mass is 291 g/mol. The summed E-state index contributed by atoms with van der Waals surface area (Å²) >= 11 is 0. The van der Waals surface area contributed by atoms with E-state index in [1.54, 1.807) is 11.8 Å². The molecule has 0 saturated heterocycles. The Kier molecular flexibility index (Phi) is 7.51. The predicted molar refractivity (Wildman–Crippen MR) is 82.8 cm³/mol. The fourth-order valence-electron chi connectivity index (χ4n) is 2.16. The lowest BCUT2D eigenvalue weighted by Gasteiger charge is -2.25. The Labute approximate surface area is 127 Å². The first-order chi connectivity index (χ1) is 10.1. The van der Waals surface area contributed by atoms with E-state index in [9.17, 15) is 9.59 Å². The van der Waals surface area contributed by atoms with Gasteiger partial charge in [-0.1, -0.05) is 50.6 Å². The normalized spacial score (nSPS) is 11.8. The Morgan fingerprint density at radius 2 is 1.90 bits per heavy atom. The van der Waals surface area contributed by atoms with Gasteiger partial charge in [0.25, 0.3) is 0 Å². The van der Waals surface area contributed by atoms with Gasteiger partial charge in [-0.3, -0.25) is 9.59 Å². The maximum atomic E-state index is 12.4. The van der Waals surface area contributed by atoms with Crippen LogP contribution in [0.4, 0.5) is 0 Å². The summed E-state index contributed by atoms with van der Waals surface area (Å²) in [6, 6.07) is 9.67. The molecule has 1 atom stereocenters. The second kappa shape index (κ2) is 9.16. The van der Waals surface area contributed by atoms with Crippen molar-refractivity contribution in [3.8, 4) is 0 Å². The van der Waals surface area contributed by atoms with E-state index in [1.165, 1.54) is 7.11 Å². The summed E-state index contributed by atoms with van der Waals surface area (Å²) in [5, 5.41) is 0. The molecule has 1 aromatic carbocycles. The number of esters is 1. The summed E-state index contributed by atoms with van der Waals surface area (Å²) in [5.74, 6) is -0.513. The maximum Gasteiger partial charge on any atom is 0.310 e. The molecule has 4 heteroatoms. The molecule has 0 radical (unpaired) electrons. The second-order valence-electron chi connectivity index (χ2n) is 5.28. The van der Waals surface area contributed by atoms with E-state index >= 15 is 0 Å². The first-order valence-corrected chi connectivity index (χ1v) is 7.48. The Hall–Kier alpha value is -1.84. The standard InChI is InChI=1S/C17H25NO3/c1-4-5-11-18(13-14(2)17(20)21-3)16(19)12-15-9-7-6-8-10-15/h6-10,14H,4-5,11-13H2,1-3H3. The van der Waals surface area contributed by atoms with Gasteiger partial charge in [0, 0.05) is 13.1 Å². The molecule has 116 valence electrons. The number of rotatable bonds is 8. The largest absolute Gasteiger partial charge is 0.469 e. The van der Waals surface area contributed by atoms with Crippen LogP contribution in [0.5, 0.6) is 0 Å². The highest BCUT2D eigenvalue weighted by Gasteiger charge is 2.21. The molecule has 21 heavy (non-hydrogen) atoms. The van der Waals surface area contributed by atoms with Crippen LogP contribution in [0.3, 0.4) is 0 Å². The minimum atomic E-state index is -0.299. The number of carbonyl (C=O) groups excluding carboxylic acids is 2. The molecule has 0 aliphatic carbocycles. The highest BCUT2D eigenvalue weighted by atomic mass is 16.5. The van der Waals surface area contributed by atoms with Crippen molar-refractivity contribution in [1.82, 2.24) is 4.90 Å². The molecule has 0 fully saturated rings. The zero-order chi connectivity index (χ0) is 15.7. The van der Waals surface area contributed by atoms with Crippen LogP contribution in [-0.4, -0.2) is 37.0 Å². The van der Waals surface area contributed by atoms with Crippen molar-refractivity contribution in [2.45, 2.75) is 33.1 Å². The van der Waals surface area contributed by atoms with Crippen LogP contribution in [0.2, 0.25) is 0 Å². The van der Waals surface area contributed by atoms with Gasteiger partial charge in [0.1, 0.15) is 0 Å². The molecule has 0 saturated carbocycles. The van der Waals surface area contributed by atoms with E-state index in [-0.39, 0.29) is 17.8 Å². The van der Waals surface area contributed by atoms with E-state index in [1.807, 2.05) is 30.3 Å². The topological polar surface area (TPSA) is 46.6 Å². The van der Waals surface area contributed by atoms with Crippen LogP contribution in [0.25, 0.3) is 0 Å². The minimum absolute atomic E-state index is 0.0606. The molecule has 1 amide bonds. The summed E-state index contributed by atoms with van der Waals surface area (Å²) in [6.07, 6.45) is 2.33. The number of amides is 1. The number of ether oxygens (including phenoxy) is 1. The molecule has 0 aliphatic rings. The lowest BCUT2D eigenvalue weighted by Crippen LogP contribution is -2.38. The van der Waals surface area contributed by atoms with E-state index in [2.05, 4.69) is 6.92 Å². The van der Waals surface area contributed by atoms with Crippen molar-refractivity contribution in [2.24, 2.45) is 5.92 Å². The van der Waals surface area contributed by atoms with Gasteiger partial charge in [0.15, 0.2) is 0 Å². The van der Waals surface area contributed by atoms with E-state index in [0.29, 0.717) is 19.5 Å². The van der Waals surface area contributed by atoms with Gasteiger partial charge in [-0.2, -0.15) is 0 Å². The first-order valence-electron chi connectivity index (χ1n) is 7.48. The van der Waals surface area contributed by atoms with Crippen molar-refractivity contribution in [2.75, 3.05) is 20.2 Å². The van der Waals surface area contributed by atoms with Crippen molar-refractivity contribution < 1.29 is 14.3 Å². The molecule has 1 aromatic rings. The molecule has 0 bridgehead atoms. The predicted octanol–water partition coefficient (Wildman–Crippen LogP) is 2.67. The number of nitrogens with zero attached hydrogens (tertiary/aromatic N) is 1. The first kappa shape index (κ1) is 17.2. The number of benzene rings is 1. The third-order valence-electron chi connectivity index (χ3n) is 3.43. The summed E-state index contributed by atoms with van der Waals surface area (Å²) in [5.41, 5.74) is 0.995. The second-order valence-corrected chi connectivity index (χ2v) is 5.28. The molecule has 0 aliphatic heterocycles. The lowest BCUT2D eigenvalue weighted by atomic mass is 10.1. The number of unbranched alkanes of at least 4 members (excludes halogenated alkanes) is 1. The van der Waals surface area contributed by atoms with Crippen LogP contribution < -0.4 is 0 Å². The summed E-state index contributed by atoms with van der Waals surface area (Å²) < 4.78 is 4.74. The molecule has 0 N–H and O–H groups in total. The fraction of sp³-hybridized carbons (Fsp3) is 0.529. The highest BCUT2D eigenvalue weighted by Crippen LogP contribution is 2.08. The lowest BCUT2D eigenvalue weighted by molar-refractivity contribution is -0.146. The molecule has 1 rings (SSSR count). The van der Waals surface area contributed by atoms with E-state index < -0.39 is 0 Å². The number of carbonyl (C=O) groups is 2. The van der Waals surface area contributed by atoms with Crippen molar-refractivity contribution in [3.63, 3.8) is 0 Å². The smallest absolute Gasteiger partial charge is 0.310 e. The minimum Gasteiger partial charge on any atom is -0.469 e. The van der Waals surface area contributed by atoms with Crippen molar-refractivity contribution >= 4 is 11.9 Å². The van der Waals surface area contributed by atoms with Gasteiger partial charge in [0.05, 0.1) is 19.4 Å². The van der Waals surface area contributed by atoms with Crippen LogP contribution >= 0.6 is 0 Å². The Morgan fingerprint density at radius 3 is 2.48 bits per heavy atom. The van der Waals surface area contributed by atoms with Gasteiger partial charge in [-0.05, 0) is 12.0 Å². The Bertz CT molecular complexity index is 445. The van der Waals surface area contributed by atoms with Crippen LogP contribution in [0.15, 0.2) is 30.3 Å². The number of hydrogen-bond acceptors (Lipinski definition) is 3. The summed E-state index contributed by atoms with van der Waals surface area (Å²) in [7, 11) is 1.38. The van der Waals surface area contributed by atoms with Gasteiger partial charge < -0.3 is 9.64 Å². The van der Waals surface area contributed by atoms with Gasteiger partial charge in [-0.25, -0.2) is 0 Å². The number of methoxy groups -OCH3 is 1. The zero-order valence-electron chi connectivity index (χ0n) is 13.2. The molecular weight excluding hydrogens is 266 g/mol. The zero-order valence-corrected chi connectivity index (χ0v) is 13.2. The highest BCUT2D eigenvalue weighted by molar-refractivity contribution is 5.80. The third-order valence-corrected chi connectivity index (χ3v) is 3.43. The van der Waals surface area contributed by atoms with Gasteiger partial charge >= 0.3 is 5.97 Å².